The zero-order valence-corrected chi connectivity index (χ0v) is 15.4. The third kappa shape index (κ3) is 4.69. The molecule has 0 amide bonds. The minimum atomic E-state index is 0.152. The van der Waals surface area contributed by atoms with Crippen LogP contribution in [0.25, 0.3) is 0 Å². The number of aromatic nitrogens is 3. The van der Waals surface area contributed by atoms with Crippen LogP contribution in [0.2, 0.25) is 0 Å². The summed E-state index contributed by atoms with van der Waals surface area (Å²) in [4.78, 5) is 4.47. The van der Waals surface area contributed by atoms with E-state index < -0.39 is 0 Å². The van der Waals surface area contributed by atoms with Crippen molar-refractivity contribution in [3.63, 3.8) is 0 Å². The molecule has 0 fully saturated rings. The second-order valence-electron chi connectivity index (χ2n) is 6.42. The molecule has 1 heterocycles. The Morgan fingerprint density at radius 3 is 2.42 bits per heavy atom. The molecule has 0 aliphatic rings. The molecule has 2 N–H and O–H groups in total. The van der Waals surface area contributed by atoms with Crippen LogP contribution in [0.5, 0.6) is 5.75 Å². The first-order valence-electron chi connectivity index (χ1n) is 8.57. The topological polar surface area (TPSA) is 72.0 Å². The van der Waals surface area contributed by atoms with E-state index in [4.69, 9.17) is 4.74 Å². The molecular weight excluding hydrogens is 326 g/mol. The SMILES string of the molecule is Cc1ccc(Nc2nncc(Nc3ccc(OC(C)C)cc3)n2)c(C)c1. The van der Waals surface area contributed by atoms with Crippen LogP contribution in [0.15, 0.2) is 48.7 Å². The summed E-state index contributed by atoms with van der Waals surface area (Å²) >= 11 is 0. The Kier molecular flexibility index (Phi) is 5.31. The molecule has 0 spiro atoms. The van der Waals surface area contributed by atoms with Gasteiger partial charge in [-0.05, 0) is 63.6 Å². The highest BCUT2D eigenvalue weighted by Crippen LogP contribution is 2.22. The Labute approximate surface area is 153 Å². The normalized spacial score (nSPS) is 10.7. The van der Waals surface area contributed by atoms with Gasteiger partial charge in [-0.2, -0.15) is 10.1 Å². The van der Waals surface area contributed by atoms with Gasteiger partial charge in [0.1, 0.15) is 5.75 Å². The molecule has 134 valence electrons. The van der Waals surface area contributed by atoms with E-state index in [1.165, 1.54) is 5.56 Å². The Morgan fingerprint density at radius 1 is 0.962 bits per heavy atom. The van der Waals surface area contributed by atoms with Crippen LogP contribution in [-0.4, -0.2) is 21.3 Å². The average Bonchev–Trinajstić information content (AvgIpc) is 2.59. The summed E-state index contributed by atoms with van der Waals surface area (Å²) in [6, 6.07) is 13.9. The monoisotopic (exact) mass is 349 g/mol. The lowest BCUT2D eigenvalue weighted by Crippen LogP contribution is -2.05. The number of ether oxygens (including phenoxy) is 1. The molecule has 2 aromatic carbocycles. The Balaban J connectivity index is 1.71. The summed E-state index contributed by atoms with van der Waals surface area (Å²) in [5, 5.41) is 14.5. The lowest BCUT2D eigenvalue weighted by molar-refractivity contribution is 0.242. The van der Waals surface area contributed by atoms with Crippen LogP contribution in [0.4, 0.5) is 23.1 Å². The molecule has 0 aliphatic carbocycles. The molecule has 0 bridgehead atoms. The zero-order valence-electron chi connectivity index (χ0n) is 15.4. The van der Waals surface area contributed by atoms with E-state index in [0.717, 1.165) is 22.7 Å². The van der Waals surface area contributed by atoms with Crippen LogP contribution in [-0.2, 0) is 0 Å². The van der Waals surface area contributed by atoms with Crippen LogP contribution >= 0.6 is 0 Å². The number of rotatable bonds is 6. The number of hydrogen-bond donors (Lipinski definition) is 2. The first-order chi connectivity index (χ1) is 12.5. The molecule has 6 heteroatoms. The summed E-state index contributed by atoms with van der Waals surface area (Å²) in [5.74, 6) is 1.90. The van der Waals surface area contributed by atoms with E-state index in [2.05, 4.69) is 38.8 Å². The summed E-state index contributed by atoms with van der Waals surface area (Å²) in [7, 11) is 0. The highest BCUT2D eigenvalue weighted by Gasteiger charge is 2.05. The van der Waals surface area contributed by atoms with E-state index in [-0.39, 0.29) is 6.10 Å². The largest absolute Gasteiger partial charge is 0.491 e. The molecule has 6 nitrogen and oxygen atoms in total. The second-order valence-corrected chi connectivity index (χ2v) is 6.42. The van der Waals surface area contributed by atoms with Gasteiger partial charge in [0.05, 0.1) is 12.3 Å². The summed E-state index contributed by atoms with van der Waals surface area (Å²) in [6.45, 7) is 8.12. The Morgan fingerprint density at radius 2 is 1.73 bits per heavy atom. The predicted molar refractivity (Wildman–Crippen MR) is 105 cm³/mol. The Hall–Kier alpha value is -3.15. The van der Waals surface area contributed by atoms with Gasteiger partial charge in [-0.1, -0.05) is 17.7 Å². The van der Waals surface area contributed by atoms with Crippen molar-refractivity contribution in [2.45, 2.75) is 33.8 Å². The van der Waals surface area contributed by atoms with E-state index in [1.807, 2.05) is 57.2 Å². The van der Waals surface area contributed by atoms with Gasteiger partial charge >= 0.3 is 0 Å². The maximum absolute atomic E-state index is 5.65. The van der Waals surface area contributed by atoms with Gasteiger partial charge in [-0.15, -0.1) is 5.10 Å². The van der Waals surface area contributed by atoms with Gasteiger partial charge in [-0.25, -0.2) is 0 Å². The van der Waals surface area contributed by atoms with Crippen molar-refractivity contribution in [1.29, 1.82) is 0 Å². The van der Waals surface area contributed by atoms with Gasteiger partial charge in [0, 0.05) is 11.4 Å². The minimum Gasteiger partial charge on any atom is -0.491 e. The molecular formula is C20H23N5O. The fraction of sp³-hybridized carbons (Fsp3) is 0.250. The van der Waals surface area contributed by atoms with Crippen molar-refractivity contribution in [3.8, 4) is 5.75 Å². The third-order valence-corrected chi connectivity index (χ3v) is 3.69. The molecule has 0 aliphatic heterocycles. The van der Waals surface area contributed by atoms with E-state index in [1.54, 1.807) is 6.20 Å². The standard InChI is InChI=1S/C20H23N5O/c1-13(2)26-17-8-6-16(7-9-17)22-19-12-21-25-20(24-19)23-18-10-5-14(3)11-15(18)4/h5-13H,1-4H3,(H2,22,23,24,25). The van der Waals surface area contributed by atoms with E-state index in [0.29, 0.717) is 11.8 Å². The van der Waals surface area contributed by atoms with Crippen LogP contribution in [0.1, 0.15) is 25.0 Å². The van der Waals surface area contributed by atoms with Gasteiger partial charge in [0.2, 0.25) is 5.95 Å². The number of nitrogens with zero attached hydrogens (tertiary/aromatic N) is 3. The third-order valence-electron chi connectivity index (χ3n) is 3.69. The molecule has 26 heavy (non-hydrogen) atoms. The van der Waals surface area contributed by atoms with Crippen molar-refractivity contribution in [2.24, 2.45) is 0 Å². The highest BCUT2D eigenvalue weighted by molar-refractivity contribution is 5.61. The molecule has 0 atom stereocenters. The number of benzene rings is 2. The maximum atomic E-state index is 5.65. The van der Waals surface area contributed by atoms with Crippen molar-refractivity contribution in [2.75, 3.05) is 10.6 Å². The van der Waals surface area contributed by atoms with Crippen LogP contribution in [0.3, 0.4) is 0 Å². The summed E-state index contributed by atoms with van der Waals surface area (Å²) in [5.41, 5.74) is 4.21. The average molecular weight is 349 g/mol. The number of aryl methyl sites for hydroxylation is 2. The lowest BCUT2D eigenvalue weighted by Gasteiger charge is -2.11. The predicted octanol–water partition coefficient (Wildman–Crippen LogP) is 4.76. The molecule has 1 aromatic heterocycles. The first-order valence-corrected chi connectivity index (χ1v) is 8.57. The van der Waals surface area contributed by atoms with Crippen molar-refractivity contribution < 1.29 is 4.74 Å². The minimum absolute atomic E-state index is 0.152. The van der Waals surface area contributed by atoms with Gasteiger partial charge in [-0.3, -0.25) is 0 Å². The van der Waals surface area contributed by atoms with Gasteiger partial charge < -0.3 is 15.4 Å². The maximum Gasteiger partial charge on any atom is 0.249 e. The number of nitrogens with one attached hydrogen (secondary N) is 2. The first kappa shape index (κ1) is 17.7. The quantitative estimate of drug-likeness (QED) is 0.668. The fourth-order valence-electron chi connectivity index (χ4n) is 2.53. The molecule has 0 saturated heterocycles. The molecule has 0 saturated carbocycles. The van der Waals surface area contributed by atoms with Crippen LogP contribution in [0, 0.1) is 13.8 Å². The Bertz CT molecular complexity index is 878. The lowest BCUT2D eigenvalue weighted by atomic mass is 10.1. The van der Waals surface area contributed by atoms with Crippen LogP contribution < -0.4 is 15.4 Å². The fourth-order valence-corrected chi connectivity index (χ4v) is 2.53. The highest BCUT2D eigenvalue weighted by atomic mass is 16.5. The second kappa shape index (κ2) is 7.82. The van der Waals surface area contributed by atoms with Gasteiger partial charge in [0.25, 0.3) is 0 Å². The van der Waals surface area contributed by atoms with Gasteiger partial charge in [0.15, 0.2) is 5.82 Å². The molecule has 0 radical (unpaired) electrons. The summed E-state index contributed by atoms with van der Waals surface area (Å²) < 4.78 is 5.65. The molecule has 3 rings (SSSR count). The molecule has 0 unspecified atom stereocenters. The van der Waals surface area contributed by atoms with E-state index in [9.17, 15) is 0 Å². The smallest absolute Gasteiger partial charge is 0.249 e. The number of hydrogen-bond acceptors (Lipinski definition) is 6. The molecule has 3 aromatic rings. The zero-order chi connectivity index (χ0) is 18.5. The van der Waals surface area contributed by atoms with Crippen molar-refractivity contribution in [3.05, 3.63) is 59.8 Å². The summed E-state index contributed by atoms with van der Waals surface area (Å²) in [6.07, 6.45) is 1.74. The van der Waals surface area contributed by atoms with Crippen molar-refractivity contribution >= 4 is 23.1 Å². The van der Waals surface area contributed by atoms with Crippen molar-refractivity contribution in [1.82, 2.24) is 15.2 Å². The van der Waals surface area contributed by atoms with E-state index >= 15 is 0 Å². The number of anilines is 4.